The zero-order valence-electron chi connectivity index (χ0n) is 50.1. The van der Waals surface area contributed by atoms with Crippen molar-refractivity contribution < 1.29 is 28.6 Å². The fourth-order valence-corrected chi connectivity index (χ4v) is 9.65. The summed E-state index contributed by atoms with van der Waals surface area (Å²) in [5, 5.41) is 0. The van der Waals surface area contributed by atoms with E-state index in [2.05, 4.69) is 81.5 Å². The van der Waals surface area contributed by atoms with Gasteiger partial charge in [0.25, 0.3) is 0 Å². The van der Waals surface area contributed by atoms with Crippen LogP contribution in [0.2, 0.25) is 0 Å². The Balaban J connectivity index is 4.00. The molecule has 1 unspecified atom stereocenters. The number of esters is 3. The average Bonchev–Trinajstić information content (AvgIpc) is 3.41. The van der Waals surface area contributed by atoms with Crippen molar-refractivity contribution in [2.24, 2.45) is 0 Å². The predicted octanol–water partition coefficient (Wildman–Crippen LogP) is 22.3. The Bertz CT molecular complexity index is 1340. The van der Waals surface area contributed by atoms with Crippen LogP contribution in [0, 0.1) is 0 Å². The number of carbonyl (C=O) groups is 3. The highest BCUT2D eigenvalue weighted by Gasteiger charge is 2.19. The van der Waals surface area contributed by atoms with Crippen LogP contribution in [0.1, 0.15) is 342 Å². The van der Waals surface area contributed by atoms with Crippen molar-refractivity contribution in [2.45, 2.75) is 348 Å². The van der Waals surface area contributed by atoms with Crippen LogP contribution < -0.4 is 0 Å². The van der Waals surface area contributed by atoms with Crippen molar-refractivity contribution in [1.82, 2.24) is 0 Å². The van der Waals surface area contributed by atoms with Crippen molar-refractivity contribution >= 4 is 17.9 Å². The van der Waals surface area contributed by atoms with E-state index < -0.39 is 6.10 Å². The third-order valence-corrected chi connectivity index (χ3v) is 14.5. The van der Waals surface area contributed by atoms with Gasteiger partial charge in [0.2, 0.25) is 0 Å². The van der Waals surface area contributed by atoms with Gasteiger partial charge in [0, 0.05) is 19.3 Å². The minimum atomic E-state index is -0.770. The molecule has 0 aromatic rings. The first-order valence-electron chi connectivity index (χ1n) is 32.8. The van der Waals surface area contributed by atoms with E-state index in [4.69, 9.17) is 14.2 Å². The van der Waals surface area contributed by atoms with E-state index in [0.717, 1.165) is 96.3 Å². The fraction of sp³-hybridized carbons (Fsp3) is 0.812. The second-order valence-corrected chi connectivity index (χ2v) is 22.0. The molecule has 75 heavy (non-hydrogen) atoms. The van der Waals surface area contributed by atoms with Gasteiger partial charge in [0.15, 0.2) is 6.10 Å². The molecule has 1 atom stereocenters. The molecule has 0 fully saturated rings. The van der Waals surface area contributed by atoms with Crippen molar-refractivity contribution in [3.05, 3.63) is 60.8 Å². The molecule has 0 saturated heterocycles. The first kappa shape index (κ1) is 72.1. The Hall–Kier alpha value is -2.89. The topological polar surface area (TPSA) is 78.9 Å². The van der Waals surface area contributed by atoms with Crippen LogP contribution in [0.4, 0.5) is 0 Å². The monoisotopic (exact) mass is 1050 g/mol. The molecule has 0 aliphatic rings. The van der Waals surface area contributed by atoms with Crippen LogP contribution in [-0.2, 0) is 28.6 Å². The quantitative estimate of drug-likeness (QED) is 0.0261. The Labute approximate surface area is 466 Å². The number of rotatable bonds is 60. The van der Waals surface area contributed by atoms with Gasteiger partial charge in [0.1, 0.15) is 13.2 Å². The molecule has 0 spiro atoms. The van der Waals surface area contributed by atoms with Crippen molar-refractivity contribution in [1.29, 1.82) is 0 Å². The van der Waals surface area contributed by atoms with Crippen molar-refractivity contribution in [3.8, 4) is 0 Å². The number of carbonyl (C=O) groups excluding carboxylic acids is 3. The molecule has 6 nitrogen and oxygen atoms in total. The van der Waals surface area contributed by atoms with Gasteiger partial charge < -0.3 is 14.2 Å². The molecular formula is C69H124O6. The normalized spacial score (nSPS) is 12.4. The molecule has 6 heteroatoms. The van der Waals surface area contributed by atoms with Crippen LogP contribution >= 0.6 is 0 Å². The van der Waals surface area contributed by atoms with Gasteiger partial charge in [0.05, 0.1) is 0 Å². The van der Waals surface area contributed by atoms with Gasteiger partial charge in [-0.15, -0.1) is 0 Å². The highest BCUT2D eigenvalue weighted by atomic mass is 16.6. The number of allylic oxidation sites excluding steroid dienone is 10. The van der Waals surface area contributed by atoms with Gasteiger partial charge in [-0.05, 0) is 64.2 Å². The van der Waals surface area contributed by atoms with Crippen LogP contribution in [0.15, 0.2) is 60.8 Å². The molecule has 0 aliphatic heterocycles. The molecule has 0 rings (SSSR count). The molecular weight excluding hydrogens is 925 g/mol. The van der Waals surface area contributed by atoms with E-state index in [9.17, 15) is 14.4 Å². The summed E-state index contributed by atoms with van der Waals surface area (Å²) >= 11 is 0. The van der Waals surface area contributed by atoms with Gasteiger partial charge in [-0.2, -0.15) is 0 Å². The minimum absolute atomic E-state index is 0.0720. The molecule has 0 saturated carbocycles. The molecule has 0 bridgehead atoms. The summed E-state index contributed by atoms with van der Waals surface area (Å²) in [6.07, 6.45) is 81.5. The second-order valence-electron chi connectivity index (χ2n) is 22.0. The van der Waals surface area contributed by atoms with Gasteiger partial charge in [-0.3, -0.25) is 14.4 Å². The van der Waals surface area contributed by atoms with Crippen LogP contribution in [0.3, 0.4) is 0 Å². The van der Waals surface area contributed by atoms with Gasteiger partial charge in [-0.1, -0.05) is 319 Å². The lowest BCUT2D eigenvalue weighted by molar-refractivity contribution is -0.167. The van der Waals surface area contributed by atoms with Gasteiger partial charge in [-0.25, -0.2) is 0 Å². The number of hydrogen-bond donors (Lipinski definition) is 0. The smallest absolute Gasteiger partial charge is 0.306 e. The Morgan fingerprint density at radius 2 is 0.520 bits per heavy atom. The van der Waals surface area contributed by atoms with E-state index in [1.807, 2.05) is 0 Å². The Morgan fingerprint density at radius 3 is 0.813 bits per heavy atom. The highest BCUT2D eigenvalue weighted by molar-refractivity contribution is 5.71. The van der Waals surface area contributed by atoms with E-state index in [1.54, 1.807) is 0 Å². The summed E-state index contributed by atoms with van der Waals surface area (Å²) in [7, 11) is 0. The molecule has 0 heterocycles. The summed E-state index contributed by atoms with van der Waals surface area (Å²) in [6.45, 7) is 6.49. The van der Waals surface area contributed by atoms with E-state index >= 15 is 0 Å². The maximum atomic E-state index is 12.8. The predicted molar refractivity (Wildman–Crippen MR) is 325 cm³/mol. The Morgan fingerprint density at radius 1 is 0.280 bits per heavy atom. The number of hydrogen-bond acceptors (Lipinski definition) is 6. The van der Waals surface area contributed by atoms with Crippen LogP contribution in [0.5, 0.6) is 0 Å². The zero-order valence-corrected chi connectivity index (χ0v) is 50.1. The van der Waals surface area contributed by atoms with Crippen molar-refractivity contribution in [3.63, 3.8) is 0 Å². The lowest BCUT2D eigenvalue weighted by atomic mass is 10.0. The maximum Gasteiger partial charge on any atom is 0.306 e. The molecule has 436 valence electrons. The van der Waals surface area contributed by atoms with E-state index in [0.29, 0.717) is 19.3 Å². The minimum Gasteiger partial charge on any atom is -0.462 e. The van der Waals surface area contributed by atoms with E-state index in [-0.39, 0.29) is 31.1 Å². The third-order valence-electron chi connectivity index (χ3n) is 14.5. The first-order chi connectivity index (χ1) is 37.0. The van der Waals surface area contributed by atoms with Crippen LogP contribution in [-0.4, -0.2) is 37.2 Å². The summed E-state index contributed by atoms with van der Waals surface area (Å²) in [4.78, 5) is 38.0. The lowest BCUT2D eigenvalue weighted by Gasteiger charge is -2.18. The van der Waals surface area contributed by atoms with Gasteiger partial charge >= 0.3 is 17.9 Å². The summed E-state index contributed by atoms with van der Waals surface area (Å²) in [5.74, 6) is -0.870. The standard InChI is InChI=1S/C69H124O6/c1-4-7-10-13-15-17-19-21-23-25-27-29-31-33-34-36-37-39-41-43-45-47-49-51-53-56-59-62-68(71)74-65-66(64-73-67(70)61-58-55-12-9-6-3)75-69(72)63-60-57-54-52-50-48-46-44-42-40-38-35-32-30-28-26-24-22-20-18-16-14-11-8-5-2/h7,10,15,17,21,23,27,29,33-34,66H,4-6,8-9,11-14,16,18-20,22,24-26,28,30-32,35-65H2,1-3H3/b10-7-,17-15-,23-21-,29-27-,34-33-. The average molecular weight is 1050 g/mol. The molecule has 0 N–H and O–H groups in total. The number of unbranched alkanes of at least 4 members (excludes halogenated alkanes) is 39. The van der Waals surface area contributed by atoms with E-state index in [1.165, 1.54) is 205 Å². The lowest BCUT2D eigenvalue weighted by Crippen LogP contribution is -2.30. The zero-order chi connectivity index (χ0) is 54.3. The SMILES string of the molecule is CC/C=C\C/C=C\C/C=C\C/C=C\C/C=C\CCCCCCCCCCCCCC(=O)OCC(COC(=O)CCCCCCC)OC(=O)CCCCCCCCCCCCCCCCCCCCCCCCCCC. The molecule has 0 radical (unpaired) electrons. The fourth-order valence-electron chi connectivity index (χ4n) is 9.65. The summed E-state index contributed by atoms with van der Waals surface area (Å²) in [6, 6.07) is 0. The highest BCUT2D eigenvalue weighted by Crippen LogP contribution is 2.18. The molecule has 0 aliphatic carbocycles. The Kier molecular flexibility index (Phi) is 61.2. The first-order valence-corrected chi connectivity index (χ1v) is 32.8. The van der Waals surface area contributed by atoms with Crippen molar-refractivity contribution in [2.75, 3.05) is 13.2 Å². The van der Waals surface area contributed by atoms with Crippen LogP contribution in [0.25, 0.3) is 0 Å². The molecule has 0 amide bonds. The summed E-state index contributed by atoms with van der Waals surface area (Å²) in [5.41, 5.74) is 0. The second kappa shape index (κ2) is 63.6. The third kappa shape index (κ3) is 61.8. The largest absolute Gasteiger partial charge is 0.462 e. The summed E-state index contributed by atoms with van der Waals surface area (Å²) < 4.78 is 16.8. The maximum absolute atomic E-state index is 12.8. The number of ether oxygens (including phenoxy) is 3. The molecule has 0 aromatic carbocycles. The molecule has 0 aromatic heterocycles.